The van der Waals surface area contributed by atoms with Gasteiger partial charge in [-0.2, -0.15) is 0 Å². The molecule has 0 spiro atoms. The Hall–Kier alpha value is -0.780. The summed E-state index contributed by atoms with van der Waals surface area (Å²) in [6, 6.07) is 3.59. The fourth-order valence-corrected chi connectivity index (χ4v) is 2.95. The molecule has 0 amide bonds. The van der Waals surface area contributed by atoms with E-state index in [0.29, 0.717) is 21.5 Å². The van der Waals surface area contributed by atoms with E-state index in [1.54, 1.807) is 33.5 Å². The van der Waals surface area contributed by atoms with Crippen LogP contribution in [0.4, 0.5) is 0 Å². The van der Waals surface area contributed by atoms with Crippen LogP contribution in [0.2, 0.25) is 0 Å². The Morgan fingerprint density at radius 1 is 1.10 bits per heavy atom. The standard InChI is InChI=1S/C15H23BrO4/c1-15(2,3)14(20-6)12(17)9-7-8-10(18-4)11(16)13(9)19-5/h7-8,12,14,17H,1-6H3. The van der Waals surface area contributed by atoms with E-state index >= 15 is 0 Å². The Morgan fingerprint density at radius 3 is 2.10 bits per heavy atom. The Bertz CT molecular complexity index is 454. The summed E-state index contributed by atoms with van der Waals surface area (Å²) in [5.41, 5.74) is 0.466. The number of ether oxygens (including phenoxy) is 3. The van der Waals surface area contributed by atoms with Crippen LogP contribution in [0, 0.1) is 5.41 Å². The average Bonchev–Trinajstić information content (AvgIpc) is 2.37. The van der Waals surface area contributed by atoms with Crippen LogP contribution >= 0.6 is 15.9 Å². The lowest BCUT2D eigenvalue weighted by atomic mass is 9.83. The number of rotatable bonds is 5. The fourth-order valence-electron chi connectivity index (χ4n) is 2.27. The highest BCUT2D eigenvalue weighted by Gasteiger charge is 2.34. The molecule has 0 aliphatic heterocycles. The largest absolute Gasteiger partial charge is 0.495 e. The minimum absolute atomic E-state index is 0.203. The van der Waals surface area contributed by atoms with Gasteiger partial charge in [0.05, 0.1) is 20.3 Å². The highest BCUT2D eigenvalue weighted by molar-refractivity contribution is 9.10. The molecule has 0 bridgehead atoms. The van der Waals surface area contributed by atoms with Gasteiger partial charge in [-0.05, 0) is 33.5 Å². The first-order chi connectivity index (χ1) is 9.27. The number of halogens is 1. The van der Waals surface area contributed by atoms with E-state index in [-0.39, 0.29) is 11.5 Å². The molecule has 5 heteroatoms. The molecular weight excluding hydrogens is 324 g/mol. The molecule has 1 N–H and O–H groups in total. The first-order valence-electron chi connectivity index (χ1n) is 6.39. The van der Waals surface area contributed by atoms with Crippen LogP contribution in [0.1, 0.15) is 32.4 Å². The van der Waals surface area contributed by atoms with E-state index < -0.39 is 6.10 Å². The summed E-state index contributed by atoms with van der Waals surface area (Å²) in [6.07, 6.45) is -1.14. The summed E-state index contributed by atoms with van der Waals surface area (Å²) in [5, 5.41) is 10.6. The van der Waals surface area contributed by atoms with E-state index in [1.165, 1.54) is 0 Å². The van der Waals surface area contributed by atoms with Gasteiger partial charge in [0, 0.05) is 12.7 Å². The SMILES string of the molecule is COc1ccc(C(O)C(OC)C(C)(C)C)c(OC)c1Br. The third-order valence-electron chi connectivity index (χ3n) is 3.23. The second-order valence-corrected chi connectivity index (χ2v) is 6.46. The van der Waals surface area contributed by atoms with Crippen molar-refractivity contribution in [3.8, 4) is 11.5 Å². The zero-order valence-corrected chi connectivity index (χ0v) is 14.4. The van der Waals surface area contributed by atoms with E-state index in [0.717, 1.165) is 0 Å². The van der Waals surface area contributed by atoms with Crippen molar-refractivity contribution >= 4 is 15.9 Å². The summed E-state index contributed by atoms with van der Waals surface area (Å²) in [6.45, 7) is 6.07. The summed E-state index contributed by atoms with van der Waals surface area (Å²) < 4.78 is 16.8. The van der Waals surface area contributed by atoms with Crippen molar-refractivity contribution in [3.63, 3.8) is 0 Å². The van der Waals surface area contributed by atoms with Crippen molar-refractivity contribution in [2.24, 2.45) is 5.41 Å². The molecule has 2 atom stereocenters. The predicted octanol–water partition coefficient (Wildman–Crippen LogP) is 3.56. The topological polar surface area (TPSA) is 47.9 Å². The van der Waals surface area contributed by atoms with Gasteiger partial charge >= 0.3 is 0 Å². The minimum Gasteiger partial charge on any atom is -0.495 e. The van der Waals surface area contributed by atoms with Crippen LogP contribution in [0.25, 0.3) is 0 Å². The summed E-state index contributed by atoms with van der Waals surface area (Å²) >= 11 is 3.44. The number of hydrogen-bond acceptors (Lipinski definition) is 4. The van der Waals surface area contributed by atoms with Gasteiger partial charge in [0.1, 0.15) is 22.1 Å². The van der Waals surface area contributed by atoms with Gasteiger partial charge in [-0.3, -0.25) is 0 Å². The molecule has 0 aliphatic rings. The number of methoxy groups -OCH3 is 3. The van der Waals surface area contributed by atoms with Gasteiger partial charge < -0.3 is 19.3 Å². The smallest absolute Gasteiger partial charge is 0.142 e. The molecule has 0 radical (unpaired) electrons. The van der Waals surface area contributed by atoms with E-state index in [4.69, 9.17) is 14.2 Å². The Labute approximate surface area is 129 Å². The van der Waals surface area contributed by atoms with Gasteiger partial charge in [-0.25, -0.2) is 0 Å². The molecule has 1 aromatic carbocycles. The molecule has 0 aromatic heterocycles. The average molecular weight is 347 g/mol. The third kappa shape index (κ3) is 3.45. The summed E-state index contributed by atoms with van der Waals surface area (Å²) in [5.74, 6) is 1.21. The molecule has 114 valence electrons. The Balaban J connectivity index is 3.28. The number of hydrogen-bond donors (Lipinski definition) is 1. The number of benzene rings is 1. The van der Waals surface area contributed by atoms with Crippen LogP contribution in [-0.2, 0) is 4.74 Å². The predicted molar refractivity (Wildman–Crippen MR) is 82.5 cm³/mol. The fraction of sp³-hybridized carbons (Fsp3) is 0.600. The highest BCUT2D eigenvalue weighted by Crippen LogP contribution is 2.43. The van der Waals surface area contributed by atoms with Gasteiger partial charge in [0.15, 0.2) is 0 Å². The monoisotopic (exact) mass is 346 g/mol. The van der Waals surface area contributed by atoms with Crippen molar-refractivity contribution in [3.05, 3.63) is 22.2 Å². The first-order valence-corrected chi connectivity index (χ1v) is 7.18. The van der Waals surface area contributed by atoms with Crippen LogP contribution < -0.4 is 9.47 Å². The quantitative estimate of drug-likeness (QED) is 0.885. The second-order valence-electron chi connectivity index (χ2n) is 5.67. The number of aliphatic hydroxyl groups excluding tert-OH is 1. The van der Waals surface area contributed by atoms with Gasteiger partial charge in [0.25, 0.3) is 0 Å². The maximum absolute atomic E-state index is 10.6. The van der Waals surface area contributed by atoms with Crippen LogP contribution in [0.15, 0.2) is 16.6 Å². The molecule has 0 saturated heterocycles. The zero-order valence-electron chi connectivity index (χ0n) is 12.9. The van der Waals surface area contributed by atoms with Crippen molar-refractivity contribution in [2.45, 2.75) is 33.0 Å². The normalized spacial score (nSPS) is 14.8. The Kier molecular flexibility index (Phi) is 5.86. The molecule has 20 heavy (non-hydrogen) atoms. The van der Waals surface area contributed by atoms with Gasteiger partial charge in [-0.1, -0.05) is 20.8 Å². The molecule has 0 aliphatic carbocycles. The Morgan fingerprint density at radius 2 is 1.70 bits per heavy atom. The molecule has 0 saturated carbocycles. The highest BCUT2D eigenvalue weighted by atomic mass is 79.9. The van der Waals surface area contributed by atoms with Crippen molar-refractivity contribution in [1.29, 1.82) is 0 Å². The first kappa shape index (κ1) is 17.3. The zero-order chi connectivity index (χ0) is 15.5. The lowest BCUT2D eigenvalue weighted by Gasteiger charge is -2.34. The van der Waals surface area contributed by atoms with E-state index in [9.17, 15) is 5.11 Å². The minimum atomic E-state index is -0.794. The molecule has 2 unspecified atom stereocenters. The molecule has 1 aromatic rings. The van der Waals surface area contributed by atoms with Crippen LogP contribution in [0.3, 0.4) is 0 Å². The summed E-state index contributed by atoms with van der Waals surface area (Å²) in [4.78, 5) is 0. The van der Waals surface area contributed by atoms with Gasteiger partial charge in [-0.15, -0.1) is 0 Å². The molecule has 1 rings (SSSR count). The molecule has 0 heterocycles. The maximum Gasteiger partial charge on any atom is 0.142 e. The lowest BCUT2D eigenvalue weighted by molar-refractivity contribution is -0.0731. The van der Waals surface area contributed by atoms with Crippen molar-refractivity contribution in [1.82, 2.24) is 0 Å². The third-order valence-corrected chi connectivity index (χ3v) is 3.98. The second kappa shape index (κ2) is 6.78. The van der Waals surface area contributed by atoms with Crippen molar-refractivity contribution < 1.29 is 19.3 Å². The molecule has 4 nitrogen and oxygen atoms in total. The van der Waals surface area contributed by atoms with Crippen LogP contribution in [0.5, 0.6) is 11.5 Å². The summed E-state index contributed by atoms with van der Waals surface area (Å²) in [7, 11) is 4.75. The van der Waals surface area contributed by atoms with E-state index in [2.05, 4.69) is 15.9 Å². The maximum atomic E-state index is 10.6. The van der Waals surface area contributed by atoms with Crippen LogP contribution in [-0.4, -0.2) is 32.5 Å². The number of aliphatic hydroxyl groups is 1. The molecular formula is C15H23BrO4. The van der Waals surface area contributed by atoms with Gasteiger partial charge in [0.2, 0.25) is 0 Å². The van der Waals surface area contributed by atoms with Crippen molar-refractivity contribution in [2.75, 3.05) is 21.3 Å². The van der Waals surface area contributed by atoms with E-state index in [1.807, 2.05) is 20.8 Å². The molecule has 0 fully saturated rings. The lowest BCUT2D eigenvalue weighted by Crippen LogP contribution is -2.34.